The van der Waals surface area contributed by atoms with Gasteiger partial charge in [-0.25, -0.2) is 5.84 Å². The van der Waals surface area contributed by atoms with Gasteiger partial charge < -0.3 is 4.90 Å². The lowest BCUT2D eigenvalue weighted by Crippen LogP contribution is -2.34. The Morgan fingerprint density at radius 2 is 2.25 bits per heavy atom. The smallest absolute Gasteiger partial charge is 0.275 e. The van der Waals surface area contributed by atoms with E-state index in [-0.39, 0.29) is 11.8 Å². The van der Waals surface area contributed by atoms with Crippen molar-refractivity contribution in [3.63, 3.8) is 0 Å². The van der Waals surface area contributed by atoms with Crippen LogP contribution in [0.25, 0.3) is 0 Å². The lowest BCUT2D eigenvalue weighted by molar-refractivity contribution is -0.130. The number of nitrogens with zero attached hydrogens (tertiary/aromatic N) is 2. The molecule has 1 fully saturated rings. The minimum atomic E-state index is -0.268. The number of rotatable bonds is 3. The van der Waals surface area contributed by atoms with E-state index in [0.29, 0.717) is 18.0 Å². The Hall–Kier alpha value is -1.44. The van der Waals surface area contributed by atoms with Crippen LogP contribution in [-0.2, 0) is 11.3 Å². The van der Waals surface area contributed by atoms with Gasteiger partial charge in [-0.05, 0) is 25.0 Å². The number of carbonyl (C=O) groups is 2. The molecule has 6 nitrogen and oxygen atoms in total. The van der Waals surface area contributed by atoms with E-state index in [1.54, 1.807) is 4.90 Å². The molecule has 20 heavy (non-hydrogen) atoms. The summed E-state index contributed by atoms with van der Waals surface area (Å²) in [7, 11) is 1.84. The standard InChI is InChI=1S/C13H20N4O2S/c1-9-10(6-11(20-9)13(19)15-14)7-17-5-3-4-16(2)12(18)8-17/h6H,3-5,7-8,14H2,1-2H3,(H,15,19). The van der Waals surface area contributed by atoms with Crippen LogP contribution in [-0.4, -0.2) is 48.3 Å². The second-order valence-corrected chi connectivity index (χ2v) is 6.30. The molecule has 1 aliphatic rings. The highest BCUT2D eigenvalue weighted by molar-refractivity contribution is 7.14. The molecule has 0 unspecified atom stereocenters. The molecule has 0 spiro atoms. The molecule has 7 heteroatoms. The minimum absolute atomic E-state index is 0.148. The molecule has 0 aromatic carbocycles. The number of hydrogen-bond donors (Lipinski definition) is 2. The average Bonchev–Trinajstić information content (AvgIpc) is 2.70. The quantitative estimate of drug-likeness (QED) is 0.478. The fourth-order valence-electron chi connectivity index (χ4n) is 2.28. The summed E-state index contributed by atoms with van der Waals surface area (Å²) in [4.78, 5) is 29.0. The van der Waals surface area contributed by atoms with Crippen molar-refractivity contribution in [2.24, 2.45) is 5.84 Å². The summed E-state index contributed by atoms with van der Waals surface area (Å²) < 4.78 is 0. The molecule has 0 aliphatic carbocycles. The molecule has 2 rings (SSSR count). The van der Waals surface area contributed by atoms with E-state index >= 15 is 0 Å². The zero-order valence-electron chi connectivity index (χ0n) is 11.8. The van der Waals surface area contributed by atoms with Crippen molar-refractivity contribution >= 4 is 23.2 Å². The van der Waals surface area contributed by atoms with Gasteiger partial charge in [-0.2, -0.15) is 0 Å². The van der Waals surface area contributed by atoms with Gasteiger partial charge in [0.2, 0.25) is 5.91 Å². The third-order valence-electron chi connectivity index (χ3n) is 3.52. The topological polar surface area (TPSA) is 78.7 Å². The van der Waals surface area contributed by atoms with E-state index in [1.807, 2.05) is 20.0 Å². The number of aryl methyl sites for hydroxylation is 1. The number of amides is 2. The number of likely N-dealkylation sites (N-methyl/N-ethyl adjacent to an activating group) is 1. The first-order valence-corrected chi connectivity index (χ1v) is 7.39. The fourth-order valence-corrected chi connectivity index (χ4v) is 3.22. The Kier molecular flexibility index (Phi) is 4.74. The molecule has 0 bridgehead atoms. The van der Waals surface area contributed by atoms with Crippen LogP contribution in [0.3, 0.4) is 0 Å². The van der Waals surface area contributed by atoms with Crippen molar-refractivity contribution in [2.45, 2.75) is 19.9 Å². The number of nitrogen functional groups attached to an aromatic ring is 1. The summed E-state index contributed by atoms with van der Waals surface area (Å²) in [6, 6.07) is 1.86. The summed E-state index contributed by atoms with van der Waals surface area (Å²) in [5.74, 6) is 5.03. The zero-order chi connectivity index (χ0) is 14.7. The van der Waals surface area contributed by atoms with Gasteiger partial charge in [0, 0.05) is 31.6 Å². The van der Waals surface area contributed by atoms with Crippen molar-refractivity contribution in [2.75, 3.05) is 26.7 Å². The Labute approximate surface area is 122 Å². The van der Waals surface area contributed by atoms with Crippen molar-refractivity contribution in [1.82, 2.24) is 15.2 Å². The number of thiophene rings is 1. The van der Waals surface area contributed by atoms with Crippen LogP contribution in [0.2, 0.25) is 0 Å². The first kappa shape index (κ1) is 15.0. The molecule has 1 aromatic heterocycles. The number of hydrazine groups is 1. The number of carbonyl (C=O) groups excluding carboxylic acids is 2. The van der Waals surface area contributed by atoms with Crippen molar-refractivity contribution in [3.05, 3.63) is 21.4 Å². The molecule has 0 radical (unpaired) electrons. The molecule has 0 atom stereocenters. The van der Waals surface area contributed by atoms with Crippen LogP contribution >= 0.6 is 11.3 Å². The maximum absolute atomic E-state index is 11.9. The fraction of sp³-hybridized carbons (Fsp3) is 0.538. The second-order valence-electron chi connectivity index (χ2n) is 5.05. The van der Waals surface area contributed by atoms with E-state index < -0.39 is 0 Å². The lowest BCUT2D eigenvalue weighted by Gasteiger charge is -2.19. The summed E-state index contributed by atoms with van der Waals surface area (Å²) in [6.45, 7) is 4.81. The van der Waals surface area contributed by atoms with Gasteiger partial charge in [0.25, 0.3) is 5.91 Å². The SMILES string of the molecule is Cc1sc(C(=O)NN)cc1CN1CCCN(C)C(=O)C1. The molecule has 0 saturated carbocycles. The maximum Gasteiger partial charge on any atom is 0.275 e. The highest BCUT2D eigenvalue weighted by Gasteiger charge is 2.20. The molecule has 2 heterocycles. The highest BCUT2D eigenvalue weighted by Crippen LogP contribution is 2.23. The molecular formula is C13H20N4O2S. The molecule has 3 N–H and O–H groups in total. The van der Waals surface area contributed by atoms with Crippen LogP contribution in [0.4, 0.5) is 0 Å². The van der Waals surface area contributed by atoms with Gasteiger partial charge in [0.15, 0.2) is 0 Å². The zero-order valence-corrected chi connectivity index (χ0v) is 12.6. The van der Waals surface area contributed by atoms with Crippen LogP contribution in [0, 0.1) is 6.92 Å². The van der Waals surface area contributed by atoms with Gasteiger partial charge in [-0.15, -0.1) is 11.3 Å². The monoisotopic (exact) mass is 296 g/mol. The molecule has 1 aliphatic heterocycles. The molecule has 1 aromatic rings. The van der Waals surface area contributed by atoms with Crippen LogP contribution in [0.1, 0.15) is 26.5 Å². The minimum Gasteiger partial charge on any atom is -0.345 e. The van der Waals surface area contributed by atoms with Crippen LogP contribution < -0.4 is 11.3 Å². The first-order valence-electron chi connectivity index (χ1n) is 6.58. The third-order valence-corrected chi connectivity index (χ3v) is 4.61. The van der Waals surface area contributed by atoms with Gasteiger partial charge in [0.05, 0.1) is 11.4 Å². The second kappa shape index (κ2) is 6.34. The largest absolute Gasteiger partial charge is 0.345 e. The Morgan fingerprint density at radius 1 is 1.50 bits per heavy atom. The van der Waals surface area contributed by atoms with Crippen molar-refractivity contribution in [1.29, 1.82) is 0 Å². The molecule has 2 amide bonds. The van der Waals surface area contributed by atoms with Gasteiger partial charge in [-0.3, -0.25) is 19.9 Å². The third kappa shape index (κ3) is 3.36. The number of nitrogens with one attached hydrogen (secondary N) is 1. The lowest BCUT2D eigenvalue weighted by atomic mass is 10.2. The molecule has 110 valence electrons. The van der Waals surface area contributed by atoms with E-state index in [2.05, 4.69) is 10.3 Å². The summed E-state index contributed by atoms with van der Waals surface area (Å²) in [5, 5.41) is 0. The van der Waals surface area contributed by atoms with E-state index in [0.717, 1.165) is 30.0 Å². The average molecular weight is 296 g/mol. The maximum atomic E-state index is 11.9. The summed E-state index contributed by atoms with van der Waals surface area (Å²) in [6.07, 6.45) is 0.974. The first-order chi connectivity index (χ1) is 9.51. The van der Waals surface area contributed by atoms with Gasteiger partial charge >= 0.3 is 0 Å². The highest BCUT2D eigenvalue weighted by atomic mass is 32.1. The Bertz CT molecular complexity index is 514. The van der Waals surface area contributed by atoms with E-state index in [4.69, 9.17) is 5.84 Å². The summed E-state index contributed by atoms with van der Waals surface area (Å²) in [5.41, 5.74) is 3.23. The molecule has 1 saturated heterocycles. The Morgan fingerprint density at radius 3 is 2.95 bits per heavy atom. The predicted molar refractivity (Wildman–Crippen MR) is 78.2 cm³/mol. The normalized spacial score (nSPS) is 17.1. The number of hydrogen-bond acceptors (Lipinski definition) is 5. The van der Waals surface area contributed by atoms with E-state index in [9.17, 15) is 9.59 Å². The summed E-state index contributed by atoms with van der Waals surface area (Å²) >= 11 is 1.43. The Balaban J connectivity index is 2.07. The predicted octanol–water partition coefficient (Wildman–Crippen LogP) is 0.324. The van der Waals surface area contributed by atoms with E-state index in [1.165, 1.54) is 11.3 Å². The number of nitrogens with two attached hydrogens (primary N) is 1. The van der Waals surface area contributed by atoms with Gasteiger partial charge in [0.1, 0.15) is 0 Å². The van der Waals surface area contributed by atoms with Crippen LogP contribution in [0.15, 0.2) is 6.07 Å². The van der Waals surface area contributed by atoms with Crippen molar-refractivity contribution in [3.8, 4) is 0 Å². The van der Waals surface area contributed by atoms with Gasteiger partial charge in [-0.1, -0.05) is 0 Å². The van der Waals surface area contributed by atoms with Crippen molar-refractivity contribution < 1.29 is 9.59 Å². The molecular weight excluding hydrogens is 276 g/mol. The van der Waals surface area contributed by atoms with Crippen LogP contribution in [0.5, 0.6) is 0 Å².